The van der Waals surface area contributed by atoms with Crippen molar-refractivity contribution in [1.82, 2.24) is 9.78 Å². The zero-order valence-corrected chi connectivity index (χ0v) is 14.4. The topological polar surface area (TPSA) is 38.0 Å². The molecule has 6 heteroatoms. The Morgan fingerprint density at radius 1 is 1.40 bits per heavy atom. The van der Waals surface area contributed by atoms with Gasteiger partial charge in [0.05, 0.1) is 26.4 Å². The maximum Gasteiger partial charge on any atom is 0.137 e. The van der Waals surface area contributed by atoms with Crippen LogP contribution < -0.4 is 0 Å². The highest BCUT2D eigenvalue weighted by atomic mass is 79.9. The number of hydrogen-bond donors (Lipinski definition) is 1. The van der Waals surface area contributed by atoms with Gasteiger partial charge in [-0.1, -0.05) is 6.07 Å². The van der Waals surface area contributed by atoms with Gasteiger partial charge in [-0.3, -0.25) is 4.68 Å². The van der Waals surface area contributed by atoms with Crippen molar-refractivity contribution < 1.29 is 9.50 Å². The Kier molecular flexibility index (Phi) is 4.99. The second kappa shape index (κ2) is 6.37. The summed E-state index contributed by atoms with van der Waals surface area (Å²) in [6, 6.07) is 4.55. The highest BCUT2D eigenvalue weighted by Gasteiger charge is 2.18. The summed E-state index contributed by atoms with van der Waals surface area (Å²) >= 11 is 6.64. The van der Waals surface area contributed by atoms with Crippen LogP contribution in [0.2, 0.25) is 0 Å². The number of halogens is 3. The fourth-order valence-corrected chi connectivity index (χ4v) is 2.93. The second-order valence-electron chi connectivity index (χ2n) is 4.56. The summed E-state index contributed by atoms with van der Waals surface area (Å²) < 4.78 is 16.4. The number of nitrogens with zero attached hydrogens (tertiary/aromatic N) is 2. The molecule has 1 aromatic carbocycles. The third-order valence-corrected chi connectivity index (χ3v) is 4.81. The van der Waals surface area contributed by atoms with Crippen LogP contribution in [-0.4, -0.2) is 14.9 Å². The van der Waals surface area contributed by atoms with E-state index < -0.39 is 6.10 Å². The molecule has 20 heavy (non-hydrogen) atoms. The molecule has 0 saturated heterocycles. The number of aromatic nitrogens is 2. The van der Waals surface area contributed by atoms with Crippen molar-refractivity contribution in [3.05, 3.63) is 49.9 Å². The largest absolute Gasteiger partial charge is 0.388 e. The Morgan fingerprint density at radius 3 is 2.70 bits per heavy atom. The molecule has 0 aliphatic heterocycles. The van der Waals surface area contributed by atoms with Crippen molar-refractivity contribution in [2.24, 2.45) is 0 Å². The third-order valence-electron chi connectivity index (χ3n) is 3.17. The summed E-state index contributed by atoms with van der Waals surface area (Å²) in [6.45, 7) is 4.66. The van der Waals surface area contributed by atoms with E-state index in [1.807, 2.05) is 18.5 Å². The van der Waals surface area contributed by atoms with E-state index in [4.69, 9.17) is 0 Å². The normalized spacial score (nSPS) is 12.7. The number of benzene rings is 1. The van der Waals surface area contributed by atoms with Gasteiger partial charge in [-0.25, -0.2) is 4.39 Å². The van der Waals surface area contributed by atoms with Gasteiger partial charge in [-0.05, 0) is 63.4 Å². The summed E-state index contributed by atoms with van der Waals surface area (Å²) in [7, 11) is 0. The Bertz CT molecular complexity index is 628. The molecule has 3 nitrogen and oxygen atoms in total. The monoisotopic (exact) mass is 404 g/mol. The molecule has 2 rings (SSSR count). The van der Waals surface area contributed by atoms with Gasteiger partial charge in [0.2, 0.25) is 0 Å². The number of hydrogen-bond acceptors (Lipinski definition) is 2. The first-order valence-electron chi connectivity index (χ1n) is 6.28. The molecule has 108 valence electrons. The molecular formula is C14H15Br2FN2O. The van der Waals surface area contributed by atoms with Crippen molar-refractivity contribution in [1.29, 1.82) is 0 Å². The van der Waals surface area contributed by atoms with Gasteiger partial charge in [0.15, 0.2) is 0 Å². The number of rotatable bonds is 4. The zero-order chi connectivity index (χ0) is 14.9. The van der Waals surface area contributed by atoms with Crippen molar-refractivity contribution >= 4 is 31.9 Å². The van der Waals surface area contributed by atoms with E-state index in [9.17, 15) is 9.50 Å². The van der Waals surface area contributed by atoms with E-state index >= 15 is 0 Å². The predicted molar refractivity (Wildman–Crippen MR) is 83.1 cm³/mol. The first-order chi connectivity index (χ1) is 9.43. The molecule has 0 aliphatic rings. The van der Waals surface area contributed by atoms with Gasteiger partial charge in [-0.2, -0.15) is 5.10 Å². The zero-order valence-electron chi connectivity index (χ0n) is 11.2. The molecule has 0 saturated carbocycles. The smallest absolute Gasteiger partial charge is 0.137 e. The van der Waals surface area contributed by atoms with E-state index in [1.165, 1.54) is 6.07 Å². The van der Waals surface area contributed by atoms with Crippen molar-refractivity contribution in [3.8, 4) is 0 Å². The Morgan fingerprint density at radius 2 is 2.10 bits per heavy atom. The van der Waals surface area contributed by atoms with Crippen LogP contribution in [0.25, 0.3) is 0 Å². The molecule has 0 amide bonds. The average Bonchev–Trinajstić information content (AvgIpc) is 2.69. The Labute approximate surface area is 134 Å². The summed E-state index contributed by atoms with van der Waals surface area (Å²) in [4.78, 5) is 0. The van der Waals surface area contributed by atoms with E-state index in [0.717, 1.165) is 22.4 Å². The van der Waals surface area contributed by atoms with E-state index in [2.05, 4.69) is 37.0 Å². The fraction of sp³-hybridized carbons (Fsp3) is 0.357. The molecule has 0 aliphatic carbocycles. The fourth-order valence-electron chi connectivity index (χ4n) is 2.08. The predicted octanol–water partition coefficient (Wildman–Crippen LogP) is 4.15. The van der Waals surface area contributed by atoms with Crippen LogP contribution in [-0.2, 0) is 13.0 Å². The minimum Gasteiger partial charge on any atom is -0.388 e. The van der Waals surface area contributed by atoms with Crippen LogP contribution in [0.5, 0.6) is 0 Å². The van der Waals surface area contributed by atoms with Gasteiger partial charge < -0.3 is 5.11 Å². The summed E-state index contributed by atoms with van der Waals surface area (Å²) in [5, 5.41) is 14.7. The molecular weight excluding hydrogens is 391 g/mol. The summed E-state index contributed by atoms with van der Waals surface area (Å²) in [6.07, 6.45) is -0.280. The standard InChI is InChI=1S/C14H15Br2FN2O/c1-3-19-12(14(16)8(2)18-19)7-13(20)9-4-5-11(17)10(15)6-9/h4-6,13,20H,3,7H2,1-2H3. The van der Waals surface area contributed by atoms with Crippen LogP contribution in [0.1, 0.15) is 30.0 Å². The Balaban J connectivity index is 2.27. The third kappa shape index (κ3) is 3.13. The Hall–Kier alpha value is -0.720. The molecule has 0 bridgehead atoms. The van der Waals surface area contributed by atoms with Gasteiger partial charge in [0.1, 0.15) is 5.82 Å². The van der Waals surface area contributed by atoms with Crippen LogP contribution in [0.15, 0.2) is 27.1 Å². The highest BCUT2D eigenvalue weighted by molar-refractivity contribution is 9.10. The quantitative estimate of drug-likeness (QED) is 0.829. The van der Waals surface area contributed by atoms with Crippen molar-refractivity contribution in [2.45, 2.75) is 32.9 Å². The van der Waals surface area contributed by atoms with Crippen LogP contribution in [0, 0.1) is 12.7 Å². The number of aliphatic hydroxyl groups is 1. The van der Waals surface area contributed by atoms with Gasteiger partial charge in [0, 0.05) is 13.0 Å². The molecule has 0 fully saturated rings. The lowest BCUT2D eigenvalue weighted by Gasteiger charge is -2.13. The van der Waals surface area contributed by atoms with Crippen LogP contribution in [0.4, 0.5) is 4.39 Å². The van der Waals surface area contributed by atoms with Gasteiger partial charge in [-0.15, -0.1) is 0 Å². The molecule has 1 N–H and O–H groups in total. The number of aliphatic hydroxyl groups excluding tert-OH is 1. The number of aryl methyl sites for hydroxylation is 2. The van der Waals surface area contributed by atoms with E-state index in [-0.39, 0.29) is 5.82 Å². The molecule has 2 aromatic rings. The highest BCUT2D eigenvalue weighted by Crippen LogP contribution is 2.28. The van der Waals surface area contributed by atoms with Crippen molar-refractivity contribution in [2.75, 3.05) is 0 Å². The van der Waals surface area contributed by atoms with E-state index in [0.29, 0.717) is 16.5 Å². The molecule has 1 atom stereocenters. The van der Waals surface area contributed by atoms with Gasteiger partial charge in [0.25, 0.3) is 0 Å². The summed E-state index contributed by atoms with van der Waals surface area (Å²) in [5.74, 6) is -0.337. The van der Waals surface area contributed by atoms with E-state index in [1.54, 1.807) is 12.1 Å². The maximum atomic E-state index is 13.2. The minimum atomic E-state index is -0.704. The summed E-state index contributed by atoms with van der Waals surface area (Å²) in [5.41, 5.74) is 2.51. The lowest BCUT2D eigenvalue weighted by molar-refractivity contribution is 0.175. The first-order valence-corrected chi connectivity index (χ1v) is 7.87. The minimum absolute atomic E-state index is 0.337. The second-order valence-corrected chi connectivity index (χ2v) is 6.20. The first kappa shape index (κ1) is 15.7. The van der Waals surface area contributed by atoms with Gasteiger partial charge >= 0.3 is 0 Å². The maximum absolute atomic E-state index is 13.2. The van der Waals surface area contributed by atoms with Crippen molar-refractivity contribution in [3.63, 3.8) is 0 Å². The SMILES string of the molecule is CCn1nc(C)c(Br)c1CC(O)c1ccc(F)c(Br)c1. The molecule has 0 spiro atoms. The molecule has 0 radical (unpaired) electrons. The lowest BCUT2D eigenvalue weighted by atomic mass is 10.0. The lowest BCUT2D eigenvalue weighted by Crippen LogP contribution is -2.09. The molecule has 1 unspecified atom stereocenters. The molecule has 1 aromatic heterocycles. The van der Waals surface area contributed by atoms with Crippen LogP contribution in [0.3, 0.4) is 0 Å². The molecule has 1 heterocycles. The average molecular weight is 406 g/mol. The van der Waals surface area contributed by atoms with Crippen LogP contribution >= 0.6 is 31.9 Å².